The van der Waals surface area contributed by atoms with Crippen molar-refractivity contribution < 1.29 is 42.9 Å². The minimum Gasteiger partial charge on any atom is -0.508 e. The molecular formula is C25H30F3N5O6. The van der Waals surface area contributed by atoms with E-state index in [9.17, 15) is 42.9 Å². The molecule has 0 aromatic heterocycles. The van der Waals surface area contributed by atoms with Crippen molar-refractivity contribution in [1.29, 1.82) is 0 Å². The fourth-order valence-electron chi connectivity index (χ4n) is 4.08. The van der Waals surface area contributed by atoms with Crippen molar-refractivity contribution >= 4 is 17.7 Å². The number of carbonyl (C=O) groups excluding carboxylic acids is 3. The van der Waals surface area contributed by atoms with Crippen LogP contribution in [0.15, 0.2) is 36.4 Å². The quantitative estimate of drug-likeness (QED) is 0.243. The monoisotopic (exact) mass is 553 g/mol. The van der Waals surface area contributed by atoms with Gasteiger partial charge in [0.2, 0.25) is 17.7 Å². The summed E-state index contributed by atoms with van der Waals surface area (Å²) in [6.07, 6.45) is -6.92. The molecule has 4 bridgehead atoms. The summed E-state index contributed by atoms with van der Waals surface area (Å²) in [6.45, 7) is -1.94. The second-order valence-electron chi connectivity index (χ2n) is 9.28. The van der Waals surface area contributed by atoms with Crippen LogP contribution in [0.4, 0.5) is 13.2 Å². The van der Waals surface area contributed by atoms with E-state index >= 15 is 0 Å². The van der Waals surface area contributed by atoms with Crippen molar-refractivity contribution in [2.45, 2.75) is 49.7 Å². The highest BCUT2D eigenvalue weighted by Gasteiger charge is 2.33. The molecule has 11 nitrogen and oxygen atoms in total. The number of phenolic OH excluding ortho intramolecular Hbond substituents is 2. The van der Waals surface area contributed by atoms with Gasteiger partial charge in [-0.25, -0.2) is 0 Å². The van der Waals surface area contributed by atoms with Crippen LogP contribution in [0.1, 0.15) is 17.5 Å². The molecule has 14 heteroatoms. The van der Waals surface area contributed by atoms with Gasteiger partial charge in [-0.1, -0.05) is 12.1 Å². The molecule has 2 aromatic carbocycles. The second kappa shape index (κ2) is 12.3. The molecule has 39 heavy (non-hydrogen) atoms. The Labute approximate surface area is 221 Å². The summed E-state index contributed by atoms with van der Waals surface area (Å²) in [6, 6.07) is 4.56. The molecule has 2 aromatic rings. The predicted molar refractivity (Wildman–Crippen MR) is 133 cm³/mol. The Hall–Kier alpha value is -3.88. The highest BCUT2D eigenvalue weighted by atomic mass is 19.4. The third kappa shape index (κ3) is 8.05. The molecule has 0 saturated carbocycles. The fraction of sp³-hybridized carbons (Fsp3) is 0.400. The summed E-state index contributed by atoms with van der Waals surface area (Å²) in [5.74, 6) is -3.43. The molecule has 0 spiro atoms. The average molecular weight is 554 g/mol. The van der Waals surface area contributed by atoms with Gasteiger partial charge >= 0.3 is 6.18 Å². The van der Waals surface area contributed by atoms with E-state index in [4.69, 9.17) is 11.5 Å². The zero-order valence-corrected chi connectivity index (χ0v) is 20.7. The maximum Gasteiger partial charge on any atom is 0.405 e. The zero-order chi connectivity index (χ0) is 28.9. The molecule has 0 fully saturated rings. The number of rotatable bonds is 5. The van der Waals surface area contributed by atoms with Crippen LogP contribution >= 0.6 is 0 Å². The number of nitrogens with one attached hydrogen (secondary N) is 3. The first-order valence-electron chi connectivity index (χ1n) is 12.0. The van der Waals surface area contributed by atoms with E-state index in [1.165, 1.54) is 18.2 Å². The van der Waals surface area contributed by atoms with E-state index in [1.807, 2.05) is 0 Å². The number of carbonyl (C=O) groups is 3. The number of aliphatic hydroxyl groups is 1. The van der Waals surface area contributed by atoms with Gasteiger partial charge in [0.05, 0.1) is 12.1 Å². The van der Waals surface area contributed by atoms with Gasteiger partial charge in [0.25, 0.3) is 0 Å². The van der Waals surface area contributed by atoms with E-state index in [-0.39, 0.29) is 36.4 Å². The molecule has 10 N–H and O–H groups in total. The van der Waals surface area contributed by atoms with Crippen LogP contribution in [-0.4, -0.2) is 76.5 Å². The lowest BCUT2D eigenvalue weighted by molar-refractivity contribution is -0.141. The maximum atomic E-state index is 13.2. The van der Waals surface area contributed by atoms with Gasteiger partial charge in [-0.3, -0.25) is 14.4 Å². The lowest BCUT2D eigenvalue weighted by Gasteiger charge is -2.25. The third-order valence-corrected chi connectivity index (χ3v) is 6.20. The van der Waals surface area contributed by atoms with Crippen LogP contribution in [0.5, 0.6) is 11.5 Å². The molecular weight excluding hydrogens is 523 g/mol. The van der Waals surface area contributed by atoms with Crippen LogP contribution in [0.25, 0.3) is 11.1 Å². The predicted octanol–water partition coefficient (Wildman–Crippen LogP) is -0.451. The van der Waals surface area contributed by atoms with Crippen molar-refractivity contribution in [3.05, 3.63) is 47.5 Å². The number of halogens is 3. The van der Waals surface area contributed by atoms with Gasteiger partial charge in [-0.05, 0) is 46.5 Å². The molecule has 212 valence electrons. The van der Waals surface area contributed by atoms with Crippen LogP contribution < -0.4 is 27.4 Å². The molecule has 1 aliphatic heterocycles. The molecule has 4 atom stereocenters. The number of aromatic hydroxyl groups is 2. The molecule has 3 rings (SSSR count). The number of nitrogens with two attached hydrogens (primary N) is 2. The lowest BCUT2D eigenvalue weighted by Crippen LogP contribution is -2.57. The normalized spacial score (nSPS) is 21.1. The van der Waals surface area contributed by atoms with Gasteiger partial charge in [-0.15, -0.1) is 0 Å². The van der Waals surface area contributed by atoms with Crippen LogP contribution in [0.2, 0.25) is 0 Å². The third-order valence-electron chi connectivity index (χ3n) is 6.20. The van der Waals surface area contributed by atoms with E-state index in [2.05, 4.69) is 10.6 Å². The highest BCUT2D eigenvalue weighted by molar-refractivity contribution is 5.93. The van der Waals surface area contributed by atoms with Gasteiger partial charge < -0.3 is 42.7 Å². The van der Waals surface area contributed by atoms with Crippen LogP contribution in [0, 0.1) is 0 Å². The SMILES string of the molecule is NC[C@H](O)CC1NC(=O)[C@@H](N)Cc2cc(ccc2O)-c2ccc(O)c(c2)C[C@@H](C(=O)NCC(F)(F)F)NC1=O. The Kier molecular flexibility index (Phi) is 9.37. The summed E-state index contributed by atoms with van der Waals surface area (Å²) < 4.78 is 38.3. The molecule has 1 heterocycles. The largest absolute Gasteiger partial charge is 0.508 e. The van der Waals surface area contributed by atoms with Gasteiger partial charge in [0.1, 0.15) is 30.1 Å². The Morgan fingerprint density at radius 3 is 2.10 bits per heavy atom. The molecule has 0 saturated heterocycles. The number of amides is 3. The smallest absolute Gasteiger partial charge is 0.405 e. The van der Waals surface area contributed by atoms with Crippen molar-refractivity contribution in [3.63, 3.8) is 0 Å². The van der Waals surface area contributed by atoms with E-state index in [0.29, 0.717) is 16.7 Å². The Bertz CT molecular complexity index is 1230. The first kappa shape index (κ1) is 29.7. The number of hydrogen-bond donors (Lipinski definition) is 8. The maximum absolute atomic E-state index is 13.2. The second-order valence-corrected chi connectivity index (χ2v) is 9.28. The number of benzene rings is 2. The average Bonchev–Trinajstić information content (AvgIpc) is 2.87. The zero-order valence-electron chi connectivity index (χ0n) is 20.7. The number of fused-ring (bicyclic) bond motifs is 5. The van der Waals surface area contributed by atoms with Gasteiger partial charge in [-0.2, -0.15) is 13.2 Å². The summed E-state index contributed by atoms with van der Waals surface area (Å²) in [5, 5.41) is 37.2. The highest BCUT2D eigenvalue weighted by Crippen LogP contribution is 2.31. The van der Waals surface area contributed by atoms with E-state index < -0.39 is 61.1 Å². The number of hydrogen-bond acceptors (Lipinski definition) is 8. The van der Waals surface area contributed by atoms with Crippen LogP contribution in [0.3, 0.4) is 0 Å². The number of aliphatic hydroxyl groups excluding tert-OH is 1. The first-order chi connectivity index (χ1) is 18.3. The van der Waals surface area contributed by atoms with Crippen LogP contribution in [-0.2, 0) is 27.2 Å². The molecule has 0 aliphatic carbocycles. The van der Waals surface area contributed by atoms with Gasteiger partial charge in [0, 0.05) is 25.8 Å². The van der Waals surface area contributed by atoms with E-state index in [0.717, 1.165) is 0 Å². The number of alkyl halides is 3. The Morgan fingerprint density at radius 1 is 1.00 bits per heavy atom. The van der Waals surface area contributed by atoms with E-state index in [1.54, 1.807) is 23.5 Å². The molecule has 1 unspecified atom stereocenters. The summed E-state index contributed by atoms with van der Waals surface area (Å²) in [7, 11) is 0. The minimum absolute atomic E-state index is 0.128. The van der Waals surface area contributed by atoms with Gasteiger partial charge in [0.15, 0.2) is 0 Å². The molecule has 1 aliphatic rings. The first-order valence-corrected chi connectivity index (χ1v) is 12.0. The Morgan fingerprint density at radius 2 is 1.56 bits per heavy atom. The topological polar surface area (TPSA) is 200 Å². The fourth-order valence-corrected chi connectivity index (χ4v) is 4.08. The Balaban J connectivity index is 2.09. The van der Waals surface area contributed by atoms with Crippen molar-refractivity contribution in [2.24, 2.45) is 11.5 Å². The minimum atomic E-state index is -4.73. The standard InChI is InChI=1S/C25H30F3N5O6/c26-25(27,28)11-31-23(38)18-8-15-6-13(2-4-21(15)36)12-1-3-20(35)14(5-12)7-17(30)22(37)32-19(24(39)33-18)9-16(34)10-29/h1-6,16-19,34-36H,7-11,29-30H2,(H,31,38)(H,32,37)(H,33,39)/t16-,17+,18+,19?/m1/s1. The summed E-state index contributed by atoms with van der Waals surface area (Å²) >= 11 is 0. The van der Waals surface area contributed by atoms with Crippen molar-refractivity contribution in [2.75, 3.05) is 13.1 Å². The summed E-state index contributed by atoms with van der Waals surface area (Å²) in [5.41, 5.74) is 13.0. The lowest BCUT2D eigenvalue weighted by atomic mass is 9.95. The molecule has 3 amide bonds. The van der Waals surface area contributed by atoms with Crippen molar-refractivity contribution in [1.82, 2.24) is 16.0 Å². The number of phenols is 2. The molecule has 0 radical (unpaired) electrons. The van der Waals surface area contributed by atoms with Crippen molar-refractivity contribution in [3.8, 4) is 22.6 Å². The summed E-state index contributed by atoms with van der Waals surface area (Å²) in [4.78, 5) is 38.8.